The molecule has 0 aliphatic carbocycles. The van der Waals surface area contributed by atoms with Gasteiger partial charge >= 0.3 is 0 Å². The number of aromatic nitrogens is 1. The quantitative estimate of drug-likeness (QED) is 0.386. The van der Waals surface area contributed by atoms with E-state index in [-0.39, 0.29) is 36.4 Å². The summed E-state index contributed by atoms with van der Waals surface area (Å²) in [5.41, 5.74) is 4.11. The van der Waals surface area contributed by atoms with Crippen molar-refractivity contribution in [1.29, 1.82) is 0 Å². The molecule has 1 saturated heterocycles. The second-order valence-electron chi connectivity index (χ2n) is 9.24. The van der Waals surface area contributed by atoms with Crippen LogP contribution in [0.25, 0.3) is 10.9 Å². The lowest BCUT2D eigenvalue weighted by molar-refractivity contribution is -0.991. The van der Waals surface area contributed by atoms with Gasteiger partial charge in [0.25, 0.3) is 0 Å². The lowest BCUT2D eigenvalue weighted by atomic mass is 9.86. The van der Waals surface area contributed by atoms with Gasteiger partial charge in [0.15, 0.2) is 5.69 Å². The average Bonchev–Trinajstić information content (AvgIpc) is 3.25. The molecule has 3 N–H and O–H groups in total. The molecule has 2 aliphatic heterocycles. The Balaban J connectivity index is 1.45. The summed E-state index contributed by atoms with van der Waals surface area (Å²) in [7, 11) is 0. The van der Waals surface area contributed by atoms with Crippen LogP contribution in [0.15, 0.2) is 72.8 Å². The summed E-state index contributed by atoms with van der Waals surface area (Å²) in [6.07, 6.45) is 0.346. The smallest absolute Gasteiger partial charge is 0.246 e. The third kappa shape index (κ3) is 3.65. The Kier molecular flexibility index (Phi) is 5.33. The highest BCUT2D eigenvalue weighted by atomic mass is 19.1. The summed E-state index contributed by atoms with van der Waals surface area (Å²) in [6, 6.07) is 18.8. The number of H-pyrrole nitrogens is 1. The number of nitrogens with zero attached hydrogens (tertiary/aromatic N) is 2. The molecule has 3 aromatic carbocycles. The molecule has 8 nitrogen and oxygen atoms in total. The first kappa shape index (κ1) is 22.4. The molecule has 3 atom stereocenters. The van der Waals surface area contributed by atoms with Crippen LogP contribution in [0.4, 0.5) is 10.1 Å². The van der Waals surface area contributed by atoms with Crippen LogP contribution in [0.5, 0.6) is 0 Å². The molecule has 0 saturated carbocycles. The van der Waals surface area contributed by atoms with Crippen molar-refractivity contribution < 1.29 is 24.4 Å². The molecule has 2 aliphatic rings. The first-order chi connectivity index (χ1) is 17.4. The van der Waals surface area contributed by atoms with Crippen molar-refractivity contribution in [3.63, 3.8) is 0 Å². The molecule has 3 heterocycles. The van der Waals surface area contributed by atoms with Gasteiger partial charge in [-0.3, -0.25) is 9.59 Å². The Hall–Kier alpha value is -4.05. The number of nitrogens with one attached hydrogen (secondary N) is 2. The molecule has 2 amide bonds. The van der Waals surface area contributed by atoms with Gasteiger partial charge in [0.1, 0.15) is 18.4 Å². The zero-order valence-electron chi connectivity index (χ0n) is 19.1. The maximum atomic E-state index is 13.8. The molecule has 0 spiro atoms. The number of carbonyl (C=O) groups excluding carboxylic acids is 2. The fourth-order valence-corrected chi connectivity index (χ4v) is 5.46. The van der Waals surface area contributed by atoms with Gasteiger partial charge in [-0.2, -0.15) is 5.23 Å². The monoisotopic (exact) mass is 486 g/mol. The van der Waals surface area contributed by atoms with Crippen molar-refractivity contribution in [3.05, 3.63) is 106 Å². The van der Waals surface area contributed by atoms with Crippen LogP contribution >= 0.6 is 0 Å². The molecule has 1 aromatic heterocycles. The number of carbonyl (C=O) groups is 2. The molecule has 9 heteroatoms. The van der Waals surface area contributed by atoms with Crippen LogP contribution in [-0.4, -0.2) is 44.4 Å². The summed E-state index contributed by atoms with van der Waals surface area (Å²) in [4.78, 5) is 33.9. The molecule has 1 fully saturated rings. The van der Waals surface area contributed by atoms with Gasteiger partial charge in [-0.25, -0.2) is 9.60 Å². The first-order valence-corrected chi connectivity index (χ1v) is 11.7. The standard InChI is InChI=1S/C27H23FN4O4/c28-18-10-8-16(9-11-18)14-30-15-24(33)31-23(27(30)34)13-21-20-6-1-2-7-22(20)29-25(21)26(31)17-4-3-5-19(12-17)32(35)36/h1-12,23,26,29,32,35H,13-15H2/t23-,26?/m0/s1. The summed E-state index contributed by atoms with van der Waals surface area (Å²) in [5, 5.41) is 21.2. The van der Waals surface area contributed by atoms with Gasteiger partial charge in [0.2, 0.25) is 11.8 Å². The molecule has 2 unspecified atom stereocenters. The van der Waals surface area contributed by atoms with Crippen LogP contribution < -0.4 is 5.23 Å². The van der Waals surface area contributed by atoms with Crippen LogP contribution in [-0.2, 0) is 22.6 Å². The Morgan fingerprint density at radius 1 is 1.06 bits per heavy atom. The van der Waals surface area contributed by atoms with E-state index in [1.54, 1.807) is 35.2 Å². The number of aromatic amines is 1. The number of benzene rings is 3. The topological polar surface area (TPSA) is 104 Å². The second-order valence-corrected chi connectivity index (χ2v) is 9.24. The molecule has 6 rings (SSSR count). The predicted molar refractivity (Wildman–Crippen MR) is 129 cm³/mol. The van der Waals surface area contributed by atoms with E-state index in [2.05, 4.69) is 4.98 Å². The minimum Gasteiger partial charge on any atom is -0.595 e. The normalized spacial score (nSPS) is 20.4. The number of rotatable bonds is 4. The molecular weight excluding hydrogens is 463 g/mol. The van der Waals surface area contributed by atoms with Gasteiger partial charge in [-0.05, 0) is 34.9 Å². The van der Waals surface area contributed by atoms with Crippen molar-refractivity contribution >= 4 is 28.4 Å². The number of hydrogen-bond acceptors (Lipinski definition) is 4. The molecule has 0 bridgehead atoms. The Morgan fingerprint density at radius 2 is 1.83 bits per heavy atom. The number of fused-ring (bicyclic) bond motifs is 4. The maximum Gasteiger partial charge on any atom is 0.246 e. The Bertz CT molecular complexity index is 1480. The van der Waals surface area contributed by atoms with Crippen molar-refractivity contribution in [1.82, 2.24) is 14.8 Å². The number of hydrogen-bond donors (Lipinski definition) is 3. The molecular formula is C27H23FN4O4. The average molecular weight is 487 g/mol. The number of quaternary nitrogens is 1. The van der Waals surface area contributed by atoms with Crippen molar-refractivity contribution in [2.75, 3.05) is 6.54 Å². The zero-order valence-corrected chi connectivity index (χ0v) is 19.1. The van der Waals surface area contributed by atoms with E-state index in [9.17, 15) is 24.4 Å². The largest absolute Gasteiger partial charge is 0.595 e. The van der Waals surface area contributed by atoms with Crippen LogP contribution in [0.3, 0.4) is 0 Å². The minimum atomic E-state index is -1.06. The highest BCUT2D eigenvalue weighted by molar-refractivity contribution is 5.97. The van der Waals surface area contributed by atoms with E-state index in [1.165, 1.54) is 23.1 Å². The second kappa shape index (κ2) is 8.56. The van der Waals surface area contributed by atoms with E-state index in [4.69, 9.17) is 0 Å². The molecule has 4 aromatic rings. The van der Waals surface area contributed by atoms with E-state index in [1.807, 2.05) is 24.3 Å². The van der Waals surface area contributed by atoms with E-state index < -0.39 is 17.3 Å². The summed E-state index contributed by atoms with van der Waals surface area (Å²) in [5.74, 6) is -0.775. The van der Waals surface area contributed by atoms with Crippen molar-refractivity contribution in [2.24, 2.45) is 0 Å². The fourth-order valence-electron chi connectivity index (χ4n) is 5.46. The third-order valence-corrected chi connectivity index (χ3v) is 7.08. The number of piperazine rings is 1. The Labute approximate surface area is 205 Å². The maximum absolute atomic E-state index is 13.8. The number of halogens is 1. The zero-order chi connectivity index (χ0) is 25.0. The lowest BCUT2D eigenvalue weighted by Crippen LogP contribution is -2.99. The molecule has 36 heavy (non-hydrogen) atoms. The highest BCUT2D eigenvalue weighted by Crippen LogP contribution is 2.42. The number of para-hydroxylation sites is 1. The molecule has 0 radical (unpaired) electrons. The van der Waals surface area contributed by atoms with Gasteiger partial charge in [0, 0.05) is 41.7 Å². The summed E-state index contributed by atoms with van der Waals surface area (Å²) in [6.45, 7) is 0.0898. The molecule has 182 valence electrons. The third-order valence-electron chi connectivity index (χ3n) is 7.08. The lowest BCUT2D eigenvalue weighted by Gasteiger charge is -2.47. The van der Waals surface area contributed by atoms with Gasteiger partial charge in [-0.1, -0.05) is 42.5 Å². The van der Waals surface area contributed by atoms with Gasteiger partial charge < -0.3 is 20.0 Å². The SMILES string of the molecule is O=C1[C@@H]2Cc3c([nH]c4ccccc34)C(c3cccc([NH+]([O-])O)c3)N2C(=O)CN1Cc1ccc(F)cc1. The highest BCUT2D eigenvalue weighted by Gasteiger charge is 2.48. The van der Waals surface area contributed by atoms with E-state index >= 15 is 0 Å². The minimum absolute atomic E-state index is 0.112. The van der Waals surface area contributed by atoms with E-state index in [0.29, 0.717) is 12.0 Å². The summed E-state index contributed by atoms with van der Waals surface area (Å²) >= 11 is 0. The number of amides is 2. The van der Waals surface area contributed by atoms with Crippen LogP contribution in [0.1, 0.15) is 28.4 Å². The fraction of sp³-hybridized carbons (Fsp3) is 0.185. The summed E-state index contributed by atoms with van der Waals surface area (Å²) < 4.78 is 13.4. The Morgan fingerprint density at radius 3 is 2.61 bits per heavy atom. The van der Waals surface area contributed by atoms with Crippen LogP contribution in [0, 0.1) is 11.0 Å². The van der Waals surface area contributed by atoms with Crippen molar-refractivity contribution in [2.45, 2.75) is 25.0 Å². The van der Waals surface area contributed by atoms with Crippen LogP contribution in [0.2, 0.25) is 0 Å². The first-order valence-electron chi connectivity index (χ1n) is 11.7. The van der Waals surface area contributed by atoms with Gasteiger partial charge in [0.05, 0.1) is 6.04 Å². The van der Waals surface area contributed by atoms with E-state index in [0.717, 1.165) is 27.7 Å². The van der Waals surface area contributed by atoms with Gasteiger partial charge in [-0.15, -0.1) is 0 Å². The predicted octanol–water partition coefficient (Wildman–Crippen LogP) is 2.60. The van der Waals surface area contributed by atoms with Crippen molar-refractivity contribution in [3.8, 4) is 0 Å².